The molecule has 26 heavy (non-hydrogen) atoms. The second-order valence-corrected chi connectivity index (χ2v) is 7.23. The van der Waals surface area contributed by atoms with E-state index < -0.39 is 5.60 Å². The van der Waals surface area contributed by atoms with Crippen LogP contribution in [0.4, 0.5) is 0 Å². The van der Waals surface area contributed by atoms with Crippen molar-refractivity contribution in [1.82, 2.24) is 15.5 Å². The molecule has 0 aromatic heterocycles. The van der Waals surface area contributed by atoms with Crippen LogP contribution in [-0.2, 0) is 14.3 Å². The Labute approximate surface area is 156 Å². The van der Waals surface area contributed by atoms with E-state index in [-0.39, 0.29) is 11.9 Å². The molecule has 1 aromatic carbocycles. The number of hydrogen-bond acceptors (Lipinski definition) is 5. The molecule has 0 spiro atoms. The summed E-state index contributed by atoms with van der Waals surface area (Å²) in [6, 6.07) is 8.75. The van der Waals surface area contributed by atoms with Gasteiger partial charge in [0.1, 0.15) is 5.60 Å². The summed E-state index contributed by atoms with van der Waals surface area (Å²) in [5.74, 6) is 0.00636. The number of ether oxygens (including phenoxy) is 2. The summed E-state index contributed by atoms with van der Waals surface area (Å²) in [5, 5.41) is 6.47. The van der Waals surface area contributed by atoms with Crippen LogP contribution in [0.1, 0.15) is 30.0 Å². The van der Waals surface area contributed by atoms with E-state index in [2.05, 4.69) is 46.7 Å². The maximum absolute atomic E-state index is 12.9. The molecule has 6 nitrogen and oxygen atoms in total. The zero-order chi connectivity index (χ0) is 18.4. The molecular weight excluding hydrogens is 330 g/mol. The third kappa shape index (κ3) is 4.43. The first-order valence-corrected chi connectivity index (χ1v) is 9.57. The second kappa shape index (κ2) is 8.95. The van der Waals surface area contributed by atoms with Gasteiger partial charge in [-0.1, -0.05) is 29.8 Å². The SMILES string of the molecule is COC1(C(=O)NCC(c2ccc(C)cc2)N2CCOCC2)CCNCC1. The number of aryl methyl sites for hydroxylation is 1. The van der Waals surface area contributed by atoms with E-state index in [9.17, 15) is 4.79 Å². The molecule has 2 heterocycles. The molecule has 0 aliphatic carbocycles. The Bertz CT molecular complexity index is 578. The van der Waals surface area contributed by atoms with Crippen molar-refractivity contribution in [2.24, 2.45) is 0 Å². The van der Waals surface area contributed by atoms with Crippen LogP contribution in [0.2, 0.25) is 0 Å². The Hall–Kier alpha value is -1.47. The van der Waals surface area contributed by atoms with E-state index >= 15 is 0 Å². The van der Waals surface area contributed by atoms with Crippen LogP contribution in [0, 0.1) is 6.92 Å². The number of benzene rings is 1. The summed E-state index contributed by atoms with van der Waals surface area (Å²) in [5.41, 5.74) is 1.77. The van der Waals surface area contributed by atoms with Crippen molar-refractivity contribution >= 4 is 5.91 Å². The van der Waals surface area contributed by atoms with Crippen LogP contribution in [0.15, 0.2) is 24.3 Å². The number of amides is 1. The maximum Gasteiger partial charge on any atom is 0.252 e. The number of nitrogens with zero attached hydrogens (tertiary/aromatic N) is 1. The van der Waals surface area contributed by atoms with E-state index in [1.54, 1.807) is 7.11 Å². The predicted octanol–water partition coefficient (Wildman–Crippen LogP) is 1.25. The number of rotatable bonds is 6. The van der Waals surface area contributed by atoms with Gasteiger partial charge in [-0.05, 0) is 38.4 Å². The molecule has 1 aromatic rings. The van der Waals surface area contributed by atoms with E-state index in [0.29, 0.717) is 19.4 Å². The third-order valence-electron chi connectivity index (χ3n) is 5.62. The molecule has 0 saturated carbocycles. The molecular formula is C20H31N3O3. The first-order valence-electron chi connectivity index (χ1n) is 9.57. The van der Waals surface area contributed by atoms with Crippen molar-refractivity contribution in [3.63, 3.8) is 0 Å². The quantitative estimate of drug-likeness (QED) is 0.799. The van der Waals surface area contributed by atoms with Gasteiger partial charge >= 0.3 is 0 Å². The molecule has 0 bridgehead atoms. The summed E-state index contributed by atoms with van der Waals surface area (Å²) in [6.07, 6.45) is 1.42. The van der Waals surface area contributed by atoms with Gasteiger partial charge in [-0.2, -0.15) is 0 Å². The molecule has 2 fully saturated rings. The molecule has 2 saturated heterocycles. The van der Waals surface area contributed by atoms with Crippen LogP contribution in [0.3, 0.4) is 0 Å². The monoisotopic (exact) mass is 361 g/mol. The molecule has 2 aliphatic heterocycles. The average molecular weight is 361 g/mol. The normalized spacial score (nSPS) is 21.9. The van der Waals surface area contributed by atoms with Gasteiger partial charge in [-0.15, -0.1) is 0 Å². The number of hydrogen-bond donors (Lipinski definition) is 2. The molecule has 1 unspecified atom stereocenters. The standard InChI is InChI=1S/C20H31N3O3/c1-16-3-5-17(6-4-16)18(23-11-13-26-14-12-23)15-22-19(24)20(25-2)7-9-21-10-8-20/h3-6,18,21H,7-15H2,1-2H3,(H,22,24). The number of morpholine rings is 1. The van der Waals surface area contributed by atoms with Gasteiger partial charge in [0.05, 0.1) is 19.3 Å². The van der Waals surface area contributed by atoms with Crippen LogP contribution < -0.4 is 10.6 Å². The zero-order valence-electron chi connectivity index (χ0n) is 15.9. The summed E-state index contributed by atoms with van der Waals surface area (Å²) in [7, 11) is 1.64. The van der Waals surface area contributed by atoms with Crippen LogP contribution >= 0.6 is 0 Å². The van der Waals surface area contributed by atoms with Gasteiger partial charge in [0.25, 0.3) is 5.91 Å². The molecule has 3 rings (SSSR count). The number of carbonyl (C=O) groups excluding carboxylic acids is 1. The van der Waals surface area contributed by atoms with Crippen LogP contribution in [-0.4, -0.2) is 69.5 Å². The van der Waals surface area contributed by atoms with E-state index in [4.69, 9.17) is 9.47 Å². The average Bonchev–Trinajstić information content (AvgIpc) is 2.70. The van der Waals surface area contributed by atoms with Gasteiger partial charge in [0.15, 0.2) is 0 Å². The van der Waals surface area contributed by atoms with Crippen LogP contribution in [0.5, 0.6) is 0 Å². The Morgan fingerprint density at radius 1 is 1.27 bits per heavy atom. The minimum atomic E-state index is -0.700. The number of nitrogens with one attached hydrogen (secondary N) is 2. The summed E-state index contributed by atoms with van der Waals surface area (Å²) in [4.78, 5) is 15.3. The van der Waals surface area contributed by atoms with Crippen molar-refractivity contribution in [2.45, 2.75) is 31.4 Å². The van der Waals surface area contributed by atoms with Crippen molar-refractivity contribution in [1.29, 1.82) is 0 Å². The lowest BCUT2D eigenvalue weighted by Gasteiger charge is -2.37. The lowest BCUT2D eigenvalue weighted by Crippen LogP contribution is -2.55. The topological polar surface area (TPSA) is 62.8 Å². The van der Waals surface area contributed by atoms with Crippen molar-refractivity contribution in [3.05, 3.63) is 35.4 Å². The first kappa shape index (κ1) is 19.3. The number of carbonyl (C=O) groups is 1. The van der Waals surface area contributed by atoms with E-state index in [0.717, 1.165) is 39.4 Å². The van der Waals surface area contributed by atoms with Gasteiger partial charge in [-0.25, -0.2) is 0 Å². The highest BCUT2D eigenvalue weighted by Crippen LogP contribution is 2.25. The summed E-state index contributed by atoms with van der Waals surface area (Å²) in [6.45, 7) is 7.54. The summed E-state index contributed by atoms with van der Waals surface area (Å²) < 4.78 is 11.2. The summed E-state index contributed by atoms with van der Waals surface area (Å²) >= 11 is 0. The molecule has 1 atom stereocenters. The first-order chi connectivity index (χ1) is 12.6. The van der Waals surface area contributed by atoms with Gasteiger partial charge in [-0.3, -0.25) is 9.69 Å². The third-order valence-corrected chi connectivity index (χ3v) is 5.62. The zero-order valence-corrected chi connectivity index (χ0v) is 15.9. The van der Waals surface area contributed by atoms with Gasteiger partial charge < -0.3 is 20.1 Å². The van der Waals surface area contributed by atoms with Crippen LogP contribution in [0.25, 0.3) is 0 Å². The lowest BCUT2D eigenvalue weighted by molar-refractivity contribution is -0.147. The molecule has 2 N–H and O–H groups in total. The largest absolute Gasteiger partial charge is 0.379 e. The lowest BCUT2D eigenvalue weighted by atomic mass is 9.91. The fourth-order valence-electron chi connectivity index (χ4n) is 3.84. The minimum absolute atomic E-state index is 0.00636. The fourth-order valence-corrected chi connectivity index (χ4v) is 3.84. The van der Waals surface area contributed by atoms with Crippen molar-refractivity contribution in [3.8, 4) is 0 Å². The smallest absolute Gasteiger partial charge is 0.252 e. The number of piperidine rings is 1. The van der Waals surface area contributed by atoms with E-state index in [1.165, 1.54) is 11.1 Å². The highest BCUT2D eigenvalue weighted by atomic mass is 16.5. The molecule has 0 radical (unpaired) electrons. The Balaban J connectivity index is 1.70. The highest BCUT2D eigenvalue weighted by molar-refractivity contribution is 5.85. The van der Waals surface area contributed by atoms with Gasteiger partial charge in [0.2, 0.25) is 0 Å². The fraction of sp³-hybridized carbons (Fsp3) is 0.650. The van der Waals surface area contributed by atoms with Crippen molar-refractivity contribution in [2.75, 3.05) is 53.0 Å². The highest BCUT2D eigenvalue weighted by Gasteiger charge is 2.40. The minimum Gasteiger partial charge on any atom is -0.379 e. The predicted molar refractivity (Wildman–Crippen MR) is 101 cm³/mol. The Morgan fingerprint density at radius 2 is 1.92 bits per heavy atom. The second-order valence-electron chi connectivity index (χ2n) is 7.23. The molecule has 144 valence electrons. The van der Waals surface area contributed by atoms with Crippen molar-refractivity contribution < 1.29 is 14.3 Å². The van der Waals surface area contributed by atoms with Gasteiger partial charge in [0, 0.05) is 26.7 Å². The number of methoxy groups -OCH3 is 1. The van der Waals surface area contributed by atoms with E-state index in [1.807, 2.05) is 0 Å². The Morgan fingerprint density at radius 3 is 2.54 bits per heavy atom. The molecule has 6 heteroatoms. The molecule has 2 aliphatic rings. The molecule has 1 amide bonds. The Kier molecular flexibility index (Phi) is 6.64. The maximum atomic E-state index is 12.9.